The number of nitrogens with zero attached hydrogens (tertiary/aromatic N) is 4. The van der Waals surface area contributed by atoms with Gasteiger partial charge in [0.15, 0.2) is 0 Å². The molecule has 0 radical (unpaired) electrons. The number of aryl methyl sites for hydroxylation is 1. The van der Waals surface area contributed by atoms with Crippen LogP contribution in [0.3, 0.4) is 0 Å². The highest BCUT2D eigenvalue weighted by Crippen LogP contribution is 2.35. The van der Waals surface area contributed by atoms with E-state index in [0.717, 1.165) is 62.0 Å². The fraction of sp³-hybridized carbons (Fsp3) is 0.538. The molecule has 8 nitrogen and oxygen atoms in total. The summed E-state index contributed by atoms with van der Waals surface area (Å²) in [4.78, 5) is 11.2. The Balaban J connectivity index is 1.18. The Morgan fingerprint density at radius 2 is 1.91 bits per heavy atom. The van der Waals surface area contributed by atoms with Crippen molar-refractivity contribution >= 4 is 26.9 Å². The molecule has 35 heavy (non-hydrogen) atoms. The molecule has 0 bridgehead atoms. The molecular weight excluding hydrogens is 462 g/mol. The molecule has 2 aromatic heterocycles. The first kappa shape index (κ1) is 24.2. The Kier molecular flexibility index (Phi) is 7.09. The van der Waals surface area contributed by atoms with Gasteiger partial charge >= 0.3 is 0 Å². The number of hydrogen-bond acceptors (Lipinski definition) is 6. The van der Waals surface area contributed by atoms with Crippen molar-refractivity contribution in [3.63, 3.8) is 0 Å². The zero-order valence-electron chi connectivity index (χ0n) is 20.5. The van der Waals surface area contributed by atoms with Gasteiger partial charge in [0.05, 0.1) is 36.3 Å². The van der Waals surface area contributed by atoms with E-state index in [1.807, 2.05) is 31.6 Å². The van der Waals surface area contributed by atoms with Crippen LogP contribution in [0.15, 0.2) is 48.9 Å². The number of imidazole rings is 1. The summed E-state index contributed by atoms with van der Waals surface area (Å²) in [6.07, 6.45) is 10.1. The van der Waals surface area contributed by atoms with E-state index in [1.54, 1.807) is 6.20 Å². The van der Waals surface area contributed by atoms with Gasteiger partial charge in [0.1, 0.15) is 5.82 Å². The van der Waals surface area contributed by atoms with Gasteiger partial charge in [-0.3, -0.25) is 0 Å². The molecule has 188 valence electrons. The van der Waals surface area contributed by atoms with Crippen LogP contribution in [0.2, 0.25) is 0 Å². The molecule has 1 aromatic carbocycles. The highest BCUT2D eigenvalue weighted by molar-refractivity contribution is 7.88. The lowest BCUT2D eigenvalue weighted by Gasteiger charge is -2.40. The van der Waals surface area contributed by atoms with E-state index in [9.17, 15) is 8.42 Å². The maximum Gasteiger partial charge on any atom is 0.208 e. The summed E-state index contributed by atoms with van der Waals surface area (Å²) in [6.45, 7) is 2.04. The van der Waals surface area contributed by atoms with Crippen LogP contribution in [0, 0.1) is 5.92 Å². The highest BCUT2D eigenvalue weighted by atomic mass is 32.2. The number of benzene rings is 1. The number of rotatable bonds is 7. The Bertz CT molecular complexity index is 1240. The normalized spacial score (nSPS) is 25.7. The molecule has 1 N–H and O–H groups in total. The Hall–Kier alpha value is -2.49. The molecule has 0 unspecified atom stereocenters. The molecule has 2 aliphatic rings. The molecule has 3 heterocycles. The van der Waals surface area contributed by atoms with Crippen molar-refractivity contribution in [1.82, 2.24) is 19.3 Å². The van der Waals surface area contributed by atoms with Gasteiger partial charge in [0, 0.05) is 38.3 Å². The summed E-state index contributed by atoms with van der Waals surface area (Å²) in [5.41, 5.74) is 3.59. The van der Waals surface area contributed by atoms with Crippen molar-refractivity contribution in [1.29, 1.82) is 0 Å². The SMILES string of the molecule is Cn1cnc2cc([C@H]3CC[C@@H](OC[C@@H]4CN(c5ccccn5)CC[C@@H]4NS(C)(=O)=O)CC3)ccc21. The lowest BCUT2D eigenvalue weighted by molar-refractivity contribution is -0.00213. The quantitative estimate of drug-likeness (QED) is 0.538. The number of nitrogens with one attached hydrogen (secondary N) is 1. The van der Waals surface area contributed by atoms with Gasteiger partial charge in [0.2, 0.25) is 10.0 Å². The monoisotopic (exact) mass is 497 g/mol. The molecule has 1 aliphatic carbocycles. The van der Waals surface area contributed by atoms with Crippen LogP contribution in [0.5, 0.6) is 0 Å². The van der Waals surface area contributed by atoms with Crippen LogP contribution in [0.1, 0.15) is 43.6 Å². The molecule has 0 spiro atoms. The molecule has 1 saturated heterocycles. The van der Waals surface area contributed by atoms with E-state index in [-0.39, 0.29) is 18.1 Å². The second-order valence-electron chi connectivity index (χ2n) is 10.1. The van der Waals surface area contributed by atoms with Gasteiger partial charge < -0.3 is 14.2 Å². The second kappa shape index (κ2) is 10.2. The largest absolute Gasteiger partial charge is 0.378 e. The van der Waals surface area contributed by atoms with Crippen LogP contribution in [0.4, 0.5) is 5.82 Å². The van der Waals surface area contributed by atoms with E-state index in [1.165, 1.54) is 11.8 Å². The number of sulfonamides is 1. The molecule has 1 saturated carbocycles. The van der Waals surface area contributed by atoms with Gasteiger partial charge in [-0.25, -0.2) is 23.1 Å². The summed E-state index contributed by atoms with van der Waals surface area (Å²) in [7, 11) is -1.26. The number of aromatic nitrogens is 3. The van der Waals surface area contributed by atoms with Gasteiger partial charge in [-0.1, -0.05) is 12.1 Å². The number of fused-ring (bicyclic) bond motifs is 1. The molecular formula is C26H35N5O3S. The summed E-state index contributed by atoms with van der Waals surface area (Å²) < 4.78 is 35.3. The highest BCUT2D eigenvalue weighted by Gasteiger charge is 2.33. The predicted molar refractivity (Wildman–Crippen MR) is 138 cm³/mol. The smallest absolute Gasteiger partial charge is 0.208 e. The summed E-state index contributed by atoms with van der Waals surface area (Å²) in [5, 5.41) is 0. The average molecular weight is 498 g/mol. The summed E-state index contributed by atoms with van der Waals surface area (Å²) in [5.74, 6) is 1.54. The minimum Gasteiger partial charge on any atom is -0.378 e. The third-order valence-corrected chi connectivity index (χ3v) is 8.24. The maximum absolute atomic E-state index is 12.0. The predicted octanol–water partition coefficient (Wildman–Crippen LogP) is 3.46. The van der Waals surface area contributed by atoms with Crippen molar-refractivity contribution in [2.45, 2.75) is 50.2 Å². The van der Waals surface area contributed by atoms with Gasteiger partial charge in [0.25, 0.3) is 0 Å². The van der Waals surface area contributed by atoms with E-state index in [2.05, 4.69) is 42.4 Å². The van der Waals surface area contributed by atoms with Crippen molar-refractivity contribution in [3.05, 3.63) is 54.5 Å². The molecule has 2 atom stereocenters. The third-order valence-electron chi connectivity index (χ3n) is 7.51. The zero-order chi connectivity index (χ0) is 24.4. The first-order valence-electron chi connectivity index (χ1n) is 12.5. The van der Waals surface area contributed by atoms with Gasteiger partial charge in [-0.2, -0.15) is 0 Å². The molecule has 1 aliphatic heterocycles. The molecule has 3 aromatic rings. The van der Waals surface area contributed by atoms with Crippen molar-refractivity contribution in [2.24, 2.45) is 13.0 Å². The first-order chi connectivity index (χ1) is 16.9. The Morgan fingerprint density at radius 1 is 1.09 bits per heavy atom. The number of hydrogen-bond donors (Lipinski definition) is 1. The van der Waals surface area contributed by atoms with Crippen LogP contribution >= 0.6 is 0 Å². The molecule has 9 heteroatoms. The lowest BCUT2D eigenvalue weighted by Crippen LogP contribution is -2.52. The number of pyridine rings is 1. The fourth-order valence-corrected chi connectivity index (χ4v) is 6.47. The van der Waals surface area contributed by atoms with Crippen molar-refractivity contribution in [3.8, 4) is 0 Å². The minimum absolute atomic E-state index is 0.0739. The third kappa shape index (κ3) is 5.85. The first-order valence-corrected chi connectivity index (χ1v) is 14.4. The molecule has 5 rings (SSSR count). The van der Waals surface area contributed by atoms with Gasteiger partial charge in [-0.05, 0) is 67.9 Å². The maximum atomic E-state index is 12.0. The van der Waals surface area contributed by atoms with Crippen LogP contribution < -0.4 is 9.62 Å². The average Bonchev–Trinajstić information content (AvgIpc) is 3.23. The van der Waals surface area contributed by atoms with E-state index in [0.29, 0.717) is 12.5 Å². The van der Waals surface area contributed by atoms with E-state index >= 15 is 0 Å². The molecule has 0 amide bonds. The second-order valence-corrected chi connectivity index (χ2v) is 11.9. The van der Waals surface area contributed by atoms with Crippen molar-refractivity contribution < 1.29 is 13.2 Å². The number of ether oxygens (including phenoxy) is 1. The Labute approximate surface area is 207 Å². The van der Waals surface area contributed by atoms with Gasteiger partial charge in [-0.15, -0.1) is 0 Å². The minimum atomic E-state index is -3.28. The zero-order valence-corrected chi connectivity index (χ0v) is 21.3. The summed E-state index contributed by atoms with van der Waals surface area (Å²) >= 11 is 0. The summed E-state index contributed by atoms with van der Waals surface area (Å²) in [6, 6.07) is 12.4. The molecule has 2 fully saturated rings. The topological polar surface area (TPSA) is 89.3 Å². The van der Waals surface area contributed by atoms with Crippen molar-refractivity contribution in [2.75, 3.05) is 30.9 Å². The number of piperidine rings is 1. The number of anilines is 1. The standard InChI is InChI=1S/C26H35N5O3S/c1-30-18-28-24-15-20(8-11-25(24)30)19-6-9-22(10-7-19)34-17-21-16-31(26-5-3-4-13-27-26)14-12-23(21)29-35(2,32)33/h3-5,8,11,13,15,18-19,21-23,29H,6-7,9-10,12,14,16-17H2,1-2H3/t19-,21-,22+,23-/m0/s1. The van der Waals surface area contributed by atoms with Crippen LogP contribution in [-0.2, 0) is 21.8 Å². The van der Waals surface area contributed by atoms with E-state index < -0.39 is 10.0 Å². The van der Waals surface area contributed by atoms with Crippen LogP contribution in [0.25, 0.3) is 11.0 Å². The Morgan fingerprint density at radius 3 is 2.66 bits per heavy atom. The lowest BCUT2D eigenvalue weighted by atomic mass is 9.82. The fourth-order valence-electron chi connectivity index (χ4n) is 5.61. The van der Waals surface area contributed by atoms with E-state index in [4.69, 9.17) is 4.74 Å². The van der Waals surface area contributed by atoms with Crippen LogP contribution in [-0.4, -0.2) is 61.1 Å².